The lowest BCUT2D eigenvalue weighted by Crippen LogP contribution is -2.26. The second-order valence-electron chi connectivity index (χ2n) is 13.6. The third-order valence-electron chi connectivity index (χ3n) is 9.25. The number of aromatic nitrogens is 1. The number of hydrogen-bond donors (Lipinski definition) is 0. The zero-order valence-corrected chi connectivity index (χ0v) is 30.0. The van der Waals surface area contributed by atoms with Crippen molar-refractivity contribution in [3.63, 3.8) is 0 Å². The van der Waals surface area contributed by atoms with E-state index in [9.17, 15) is 0 Å². The van der Waals surface area contributed by atoms with Crippen molar-refractivity contribution in [2.45, 2.75) is 212 Å². The zero-order valence-electron chi connectivity index (χ0n) is 30.0. The molecule has 1 heterocycles. The van der Waals surface area contributed by atoms with Crippen LogP contribution in [-0.4, -0.2) is 0 Å². The Labute approximate surface area is 277 Å². The Balaban J connectivity index is 2.08. The minimum Gasteiger partial charge on any atom is -0.208 e. The fraction of sp³-hybridized carbons (Fsp3) is 0.791. The van der Waals surface area contributed by atoms with Crippen molar-refractivity contribution in [3.05, 3.63) is 30.1 Å². The molecule has 1 heteroatoms. The first-order chi connectivity index (χ1) is 21.8. The van der Waals surface area contributed by atoms with Gasteiger partial charge >= 0.3 is 0 Å². The Kier molecular flexibility index (Phi) is 29.9. The highest BCUT2D eigenvalue weighted by molar-refractivity contribution is 5.13. The van der Waals surface area contributed by atoms with Gasteiger partial charge in [-0.2, -0.15) is 0 Å². The van der Waals surface area contributed by atoms with Crippen molar-refractivity contribution < 1.29 is 4.57 Å². The Morgan fingerprint density at radius 2 is 0.727 bits per heavy atom. The lowest BCUT2D eigenvalue weighted by atomic mass is 9.88. The van der Waals surface area contributed by atoms with E-state index in [0.717, 1.165) is 31.6 Å². The van der Waals surface area contributed by atoms with Gasteiger partial charge in [0.1, 0.15) is 7.05 Å². The van der Waals surface area contributed by atoms with Crippen molar-refractivity contribution in [3.8, 4) is 23.7 Å². The van der Waals surface area contributed by atoms with Crippen molar-refractivity contribution in [1.82, 2.24) is 0 Å². The van der Waals surface area contributed by atoms with Crippen LogP contribution in [-0.2, 0) is 7.05 Å². The molecule has 0 amide bonds. The van der Waals surface area contributed by atoms with E-state index in [4.69, 9.17) is 0 Å². The predicted octanol–water partition coefficient (Wildman–Crippen LogP) is 13.3. The molecule has 0 aliphatic heterocycles. The van der Waals surface area contributed by atoms with Crippen molar-refractivity contribution in [1.29, 1.82) is 0 Å². The van der Waals surface area contributed by atoms with Crippen molar-refractivity contribution in [2.75, 3.05) is 0 Å². The van der Waals surface area contributed by atoms with Crippen molar-refractivity contribution in [2.24, 2.45) is 7.05 Å². The summed E-state index contributed by atoms with van der Waals surface area (Å²) in [6.07, 6.45) is 44.4. The maximum Gasteiger partial charge on any atom is 0.168 e. The molecule has 0 radical (unpaired) electrons. The summed E-state index contributed by atoms with van der Waals surface area (Å²) in [5, 5.41) is 0. The molecule has 0 atom stereocenters. The van der Waals surface area contributed by atoms with Crippen LogP contribution in [0.25, 0.3) is 0 Å². The molecule has 0 fully saturated rings. The molecule has 1 aromatic heterocycles. The smallest absolute Gasteiger partial charge is 0.168 e. The maximum atomic E-state index is 3.42. The predicted molar refractivity (Wildman–Crippen MR) is 196 cm³/mol. The van der Waals surface area contributed by atoms with Crippen LogP contribution in [0.4, 0.5) is 0 Å². The molecule has 0 aliphatic carbocycles. The van der Waals surface area contributed by atoms with Crippen LogP contribution in [0, 0.1) is 23.7 Å². The summed E-state index contributed by atoms with van der Waals surface area (Å²) in [5.74, 6) is 14.4. The van der Waals surface area contributed by atoms with E-state index in [2.05, 4.69) is 73.7 Å². The third kappa shape index (κ3) is 26.7. The number of unbranched alkanes of at least 4 members (excludes halogenated alkanes) is 24. The standard InChI is InChI=1S/C43H74N/c1-4-6-8-10-12-14-16-18-20-22-24-26-28-30-32-34-36-42(43-38-40-44(3)41-39-43)37-35-33-31-29-27-25-23-21-19-17-15-13-11-9-7-5-2/h38-42H,4-17,22-37H2,1-3H3/q+1. The Morgan fingerprint density at radius 3 is 1.07 bits per heavy atom. The molecule has 0 saturated heterocycles. The van der Waals surface area contributed by atoms with Gasteiger partial charge in [0.15, 0.2) is 12.4 Å². The van der Waals surface area contributed by atoms with E-state index < -0.39 is 0 Å². The first-order valence-corrected chi connectivity index (χ1v) is 19.6. The van der Waals surface area contributed by atoms with E-state index in [1.165, 1.54) is 167 Å². The Morgan fingerprint density at radius 1 is 0.432 bits per heavy atom. The molecule has 1 rings (SSSR count). The van der Waals surface area contributed by atoms with Crippen LogP contribution < -0.4 is 4.57 Å². The first-order valence-electron chi connectivity index (χ1n) is 19.6. The molecule has 44 heavy (non-hydrogen) atoms. The quantitative estimate of drug-likeness (QED) is 0.0486. The highest BCUT2D eigenvalue weighted by Crippen LogP contribution is 2.28. The molecule has 0 saturated carbocycles. The topological polar surface area (TPSA) is 3.88 Å². The summed E-state index contributed by atoms with van der Waals surface area (Å²) in [4.78, 5) is 0. The minimum atomic E-state index is 0.736. The van der Waals surface area contributed by atoms with Gasteiger partial charge in [-0.15, -0.1) is 23.7 Å². The van der Waals surface area contributed by atoms with Gasteiger partial charge in [0.2, 0.25) is 0 Å². The molecule has 1 nitrogen and oxygen atoms in total. The SMILES string of the molecule is CCCCCCCCC#CCCCCCCCCC(CCCCCCCCC#CCCCCCCCC)c1cc[n+](C)cc1. The maximum absolute atomic E-state index is 3.42. The van der Waals surface area contributed by atoms with Gasteiger partial charge in [-0.1, -0.05) is 142 Å². The van der Waals surface area contributed by atoms with E-state index in [0.29, 0.717) is 0 Å². The van der Waals surface area contributed by atoms with Crippen molar-refractivity contribution >= 4 is 0 Å². The lowest BCUT2D eigenvalue weighted by Gasteiger charge is -2.17. The molecule has 0 unspecified atom stereocenters. The fourth-order valence-corrected chi connectivity index (χ4v) is 6.23. The Bertz CT molecular complexity index is 795. The van der Waals surface area contributed by atoms with E-state index in [-0.39, 0.29) is 0 Å². The third-order valence-corrected chi connectivity index (χ3v) is 9.25. The fourth-order valence-electron chi connectivity index (χ4n) is 6.23. The molecule has 0 spiro atoms. The normalized spacial score (nSPS) is 10.9. The molecule has 1 aromatic rings. The number of rotatable bonds is 29. The number of nitrogens with zero attached hydrogens (tertiary/aromatic N) is 1. The molecule has 0 N–H and O–H groups in total. The van der Waals surface area contributed by atoms with Crippen LogP contribution in [0.1, 0.15) is 218 Å². The van der Waals surface area contributed by atoms with Gasteiger partial charge in [-0.05, 0) is 50.0 Å². The average Bonchev–Trinajstić information content (AvgIpc) is 3.03. The summed E-state index contributed by atoms with van der Waals surface area (Å²) >= 11 is 0. The molecule has 0 aromatic carbocycles. The average molecular weight is 605 g/mol. The van der Waals surface area contributed by atoms with E-state index >= 15 is 0 Å². The van der Waals surface area contributed by atoms with Gasteiger partial charge in [0, 0.05) is 37.8 Å². The van der Waals surface area contributed by atoms with E-state index in [1.807, 2.05) is 0 Å². The first kappa shape index (κ1) is 40.3. The van der Waals surface area contributed by atoms with Gasteiger partial charge in [0.25, 0.3) is 0 Å². The Hall–Kier alpha value is -1.73. The molecular formula is C43H74N+. The number of aryl methyl sites for hydroxylation is 1. The zero-order chi connectivity index (χ0) is 31.6. The van der Waals surface area contributed by atoms with Gasteiger partial charge < -0.3 is 0 Å². The number of pyridine rings is 1. The van der Waals surface area contributed by atoms with E-state index in [1.54, 1.807) is 5.56 Å². The van der Waals surface area contributed by atoms with Crippen LogP contribution in [0.5, 0.6) is 0 Å². The molecule has 250 valence electrons. The van der Waals surface area contributed by atoms with Crippen LogP contribution in [0.15, 0.2) is 24.5 Å². The summed E-state index contributed by atoms with van der Waals surface area (Å²) in [5.41, 5.74) is 1.56. The largest absolute Gasteiger partial charge is 0.208 e. The molecule has 0 aliphatic rings. The van der Waals surface area contributed by atoms with Gasteiger partial charge in [-0.25, -0.2) is 4.57 Å². The monoisotopic (exact) mass is 605 g/mol. The summed E-state index contributed by atoms with van der Waals surface area (Å²) in [7, 11) is 2.13. The summed E-state index contributed by atoms with van der Waals surface area (Å²) in [6.45, 7) is 4.57. The van der Waals surface area contributed by atoms with Crippen LogP contribution >= 0.6 is 0 Å². The number of hydrogen-bond acceptors (Lipinski definition) is 0. The summed E-state index contributed by atoms with van der Waals surface area (Å²) < 4.78 is 2.17. The minimum absolute atomic E-state index is 0.736. The summed E-state index contributed by atoms with van der Waals surface area (Å²) in [6, 6.07) is 4.73. The second-order valence-corrected chi connectivity index (χ2v) is 13.6. The van der Waals surface area contributed by atoms with Gasteiger partial charge in [-0.3, -0.25) is 0 Å². The lowest BCUT2D eigenvalue weighted by molar-refractivity contribution is -0.671. The second kappa shape index (κ2) is 32.7. The highest BCUT2D eigenvalue weighted by atomic mass is 14.9. The van der Waals surface area contributed by atoms with Crippen LogP contribution in [0.3, 0.4) is 0 Å². The van der Waals surface area contributed by atoms with Crippen LogP contribution in [0.2, 0.25) is 0 Å². The highest BCUT2D eigenvalue weighted by Gasteiger charge is 2.12. The molecular weight excluding hydrogens is 530 g/mol. The van der Waals surface area contributed by atoms with Gasteiger partial charge in [0.05, 0.1) is 0 Å². The molecule has 0 bridgehead atoms.